The molecule has 2 aromatic rings. The summed E-state index contributed by atoms with van der Waals surface area (Å²) in [5, 5.41) is 11.2. The standard InChI is InChI=1S/C13H16N4O/c14-8-13(18)3-6-17(9-13)12-2-5-16-11-1-4-15-7-10(11)12/h1-2,4-5,7,18H,3,6,8-9,14H2. The molecule has 0 aliphatic carbocycles. The fourth-order valence-electron chi connectivity index (χ4n) is 2.48. The molecule has 3 heterocycles. The van der Waals surface area contributed by atoms with E-state index in [2.05, 4.69) is 14.9 Å². The van der Waals surface area contributed by atoms with Crippen molar-refractivity contribution >= 4 is 16.6 Å². The molecule has 0 spiro atoms. The van der Waals surface area contributed by atoms with Crippen molar-refractivity contribution in [3.05, 3.63) is 30.7 Å². The van der Waals surface area contributed by atoms with E-state index in [1.165, 1.54) is 0 Å². The van der Waals surface area contributed by atoms with Crippen LogP contribution in [0.5, 0.6) is 0 Å². The van der Waals surface area contributed by atoms with Crippen molar-refractivity contribution in [3.8, 4) is 0 Å². The van der Waals surface area contributed by atoms with E-state index in [1.54, 1.807) is 12.4 Å². The first-order valence-corrected chi connectivity index (χ1v) is 6.08. The van der Waals surface area contributed by atoms with Gasteiger partial charge in [0.15, 0.2) is 0 Å². The van der Waals surface area contributed by atoms with E-state index in [4.69, 9.17) is 5.73 Å². The van der Waals surface area contributed by atoms with Crippen LogP contribution >= 0.6 is 0 Å². The quantitative estimate of drug-likeness (QED) is 0.806. The molecule has 18 heavy (non-hydrogen) atoms. The zero-order chi connectivity index (χ0) is 12.6. The molecule has 1 unspecified atom stereocenters. The van der Waals surface area contributed by atoms with E-state index in [0.717, 1.165) is 23.1 Å². The average molecular weight is 244 g/mol. The van der Waals surface area contributed by atoms with Crippen LogP contribution < -0.4 is 10.6 Å². The van der Waals surface area contributed by atoms with Crippen LogP contribution in [0.15, 0.2) is 30.7 Å². The molecule has 0 bridgehead atoms. The largest absolute Gasteiger partial charge is 0.387 e. The predicted octanol–water partition coefficient (Wildman–Crippen LogP) is 0.530. The predicted molar refractivity (Wildman–Crippen MR) is 70.4 cm³/mol. The van der Waals surface area contributed by atoms with Crippen LogP contribution in [-0.4, -0.2) is 40.3 Å². The van der Waals surface area contributed by atoms with E-state index < -0.39 is 5.60 Å². The molecule has 3 rings (SSSR count). The lowest BCUT2D eigenvalue weighted by molar-refractivity contribution is 0.0726. The summed E-state index contributed by atoms with van der Waals surface area (Å²) in [6.45, 7) is 1.67. The number of aliphatic hydroxyl groups is 1. The Bertz CT molecular complexity index is 568. The molecular weight excluding hydrogens is 228 g/mol. The second-order valence-electron chi connectivity index (χ2n) is 4.82. The minimum absolute atomic E-state index is 0.296. The number of nitrogens with zero attached hydrogens (tertiary/aromatic N) is 3. The third-order valence-corrected chi connectivity index (χ3v) is 3.57. The van der Waals surface area contributed by atoms with Crippen LogP contribution in [0.4, 0.5) is 5.69 Å². The van der Waals surface area contributed by atoms with Gasteiger partial charge in [-0.25, -0.2) is 0 Å². The summed E-state index contributed by atoms with van der Waals surface area (Å²) in [6, 6.07) is 3.86. The minimum atomic E-state index is -0.766. The summed E-state index contributed by atoms with van der Waals surface area (Å²) in [6.07, 6.45) is 6.04. The first-order valence-electron chi connectivity index (χ1n) is 6.08. The molecule has 5 nitrogen and oxygen atoms in total. The van der Waals surface area contributed by atoms with Gasteiger partial charge in [-0.3, -0.25) is 9.97 Å². The van der Waals surface area contributed by atoms with Crippen molar-refractivity contribution in [1.29, 1.82) is 0 Å². The van der Waals surface area contributed by atoms with E-state index in [-0.39, 0.29) is 0 Å². The lowest BCUT2D eigenvalue weighted by Gasteiger charge is -2.23. The number of fused-ring (bicyclic) bond motifs is 1. The molecular formula is C13H16N4O. The zero-order valence-electron chi connectivity index (χ0n) is 10.1. The van der Waals surface area contributed by atoms with Gasteiger partial charge >= 0.3 is 0 Å². The molecule has 2 aromatic heterocycles. The Kier molecular flexibility index (Phi) is 2.65. The maximum absolute atomic E-state index is 10.2. The summed E-state index contributed by atoms with van der Waals surface area (Å²) < 4.78 is 0. The van der Waals surface area contributed by atoms with Crippen LogP contribution in [0, 0.1) is 0 Å². The van der Waals surface area contributed by atoms with Crippen molar-refractivity contribution in [2.24, 2.45) is 5.73 Å². The Hall–Kier alpha value is -1.72. The van der Waals surface area contributed by atoms with Gasteiger partial charge in [0.1, 0.15) is 0 Å². The topological polar surface area (TPSA) is 75.3 Å². The van der Waals surface area contributed by atoms with E-state index in [0.29, 0.717) is 19.5 Å². The number of anilines is 1. The van der Waals surface area contributed by atoms with Crippen LogP contribution in [-0.2, 0) is 0 Å². The summed E-state index contributed by atoms with van der Waals surface area (Å²) in [5.74, 6) is 0. The molecule has 1 aliphatic rings. The Morgan fingerprint density at radius 2 is 2.28 bits per heavy atom. The summed E-state index contributed by atoms with van der Waals surface area (Å²) in [4.78, 5) is 10.6. The van der Waals surface area contributed by atoms with Gasteiger partial charge in [-0.05, 0) is 18.6 Å². The molecule has 1 aliphatic heterocycles. The highest BCUT2D eigenvalue weighted by molar-refractivity contribution is 5.90. The first-order chi connectivity index (χ1) is 8.72. The van der Waals surface area contributed by atoms with Gasteiger partial charge in [0.05, 0.1) is 11.1 Å². The molecule has 94 valence electrons. The van der Waals surface area contributed by atoms with Crippen molar-refractivity contribution in [1.82, 2.24) is 9.97 Å². The third kappa shape index (κ3) is 1.81. The number of rotatable bonds is 2. The molecule has 0 aromatic carbocycles. The van der Waals surface area contributed by atoms with Gasteiger partial charge in [-0.1, -0.05) is 0 Å². The SMILES string of the molecule is NCC1(O)CCN(c2ccnc3ccncc23)C1. The lowest BCUT2D eigenvalue weighted by atomic mass is 10.0. The summed E-state index contributed by atoms with van der Waals surface area (Å²) >= 11 is 0. The van der Waals surface area contributed by atoms with Gasteiger partial charge in [-0.15, -0.1) is 0 Å². The highest BCUT2D eigenvalue weighted by Gasteiger charge is 2.35. The van der Waals surface area contributed by atoms with Crippen LogP contribution in [0.1, 0.15) is 6.42 Å². The number of hydrogen-bond acceptors (Lipinski definition) is 5. The molecule has 0 radical (unpaired) electrons. The Morgan fingerprint density at radius 3 is 3.06 bits per heavy atom. The van der Waals surface area contributed by atoms with E-state index in [1.807, 2.05) is 18.3 Å². The van der Waals surface area contributed by atoms with Gasteiger partial charge in [0.2, 0.25) is 0 Å². The molecule has 0 saturated carbocycles. The second-order valence-corrected chi connectivity index (χ2v) is 4.82. The fraction of sp³-hybridized carbons (Fsp3) is 0.385. The second kappa shape index (κ2) is 4.19. The highest BCUT2D eigenvalue weighted by atomic mass is 16.3. The van der Waals surface area contributed by atoms with Crippen molar-refractivity contribution in [2.75, 3.05) is 24.5 Å². The molecule has 5 heteroatoms. The normalized spacial score (nSPS) is 23.8. The number of aromatic nitrogens is 2. The summed E-state index contributed by atoms with van der Waals surface area (Å²) in [7, 11) is 0. The number of nitrogens with two attached hydrogens (primary N) is 1. The fourth-order valence-corrected chi connectivity index (χ4v) is 2.48. The third-order valence-electron chi connectivity index (χ3n) is 3.57. The summed E-state index contributed by atoms with van der Waals surface area (Å²) in [5.41, 5.74) is 6.84. The van der Waals surface area contributed by atoms with Crippen LogP contribution in [0.25, 0.3) is 10.9 Å². The molecule has 1 fully saturated rings. The smallest absolute Gasteiger partial charge is 0.0959 e. The van der Waals surface area contributed by atoms with Crippen molar-refractivity contribution < 1.29 is 5.11 Å². The van der Waals surface area contributed by atoms with Gasteiger partial charge in [-0.2, -0.15) is 0 Å². The first kappa shape index (κ1) is 11.4. The Labute approximate surface area is 105 Å². The maximum Gasteiger partial charge on any atom is 0.0959 e. The Morgan fingerprint density at radius 1 is 1.39 bits per heavy atom. The van der Waals surface area contributed by atoms with Crippen molar-refractivity contribution in [2.45, 2.75) is 12.0 Å². The van der Waals surface area contributed by atoms with Crippen LogP contribution in [0.2, 0.25) is 0 Å². The van der Waals surface area contributed by atoms with Gasteiger partial charge in [0.25, 0.3) is 0 Å². The van der Waals surface area contributed by atoms with Gasteiger partial charge in [0, 0.05) is 49.3 Å². The average Bonchev–Trinajstić information content (AvgIpc) is 2.81. The highest BCUT2D eigenvalue weighted by Crippen LogP contribution is 2.30. The maximum atomic E-state index is 10.2. The van der Waals surface area contributed by atoms with Gasteiger partial charge < -0.3 is 15.7 Å². The number of hydrogen-bond donors (Lipinski definition) is 2. The molecule has 1 atom stereocenters. The zero-order valence-corrected chi connectivity index (χ0v) is 10.1. The monoisotopic (exact) mass is 244 g/mol. The minimum Gasteiger partial charge on any atom is -0.387 e. The number of β-amino-alcohol motifs (C(OH)–C–C–N with tert-alkyl or cyclic N) is 1. The van der Waals surface area contributed by atoms with Crippen molar-refractivity contribution in [3.63, 3.8) is 0 Å². The van der Waals surface area contributed by atoms with Crippen LogP contribution in [0.3, 0.4) is 0 Å². The van der Waals surface area contributed by atoms with E-state index in [9.17, 15) is 5.11 Å². The molecule has 0 amide bonds. The molecule has 1 saturated heterocycles. The number of pyridine rings is 2. The van der Waals surface area contributed by atoms with E-state index >= 15 is 0 Å². The lowest BCUT2D eigenvalue weighted by Crippen LogP contribution is -2.40. The molecule has 3 N–H and O–H groups in total. The Balaban J connectivity index is 2.01.